The van der Waals surface area contributed by atoms with Gasteiger partial charge < -0.3 is 14.2 Å². The van der Waals surface area contributed by atoms with Gasteiger partial charge in [0.25, 0.3) is 5.91 Å². The normalized spacial score (nSPS) is 13.4. The number of carbonyl (C=O) groups excluding carboxylic acids is 2. The van der Waals surface area contributed by atoms with Gasteiger partial charge in [0.15, 0.2) is 6.61 Å². The third-order valence-electron chi connectivity index (χ3n) is 4.90. The van der Waals surface area contributed by atoms with Crippen LogP contribution in [0, 0.1) is 6.92 Å². The van der Waals surface area contributed by atoms with Gasteiger partial charge in [0.05, 0.1) is 11.0 Å². The SMILES string of the molecule is Cc1nc2ccccc2n1CC(=O)OCC(=O)N1CCCc2ccccc21. The average Bonchev–Trinajstić information content (AvgIpc) is 3.01. The number of hydrogen-bond acceptors (Lipinski definition) is 4. The molecule has 0 atom stereocenters. The van der Waals surface area contributed by atoms with Crippen molar-refractivity contribution in [2.75, 3.05) is 18.1 Å². The van der Waals surface area contributed by atoms with Crippen molar-refractivity contribution in [3.63, 3.8) is 0 Å². The number of anilines is 1. The van der Waals surface area contributed by atoms with Gasteiger partial charge in [-0.05, 0) is 43.5 Å². The number of esters is 1. The number of rotatable bonds is 4. The summed E-state index contributed by atoms with van der Waals surface area (Å²) in [5.41, 5.74) is 3.79. The Kier molecular flexibility index (Phi) is 4.62. The fraction of sp³-hybridized carbons (Fsp3) is 0.286. The first-order chi connectivity index (χ1) is 13.1. The molecule has 3 aromatic rings. The Labute approximate surface area is 157 Å². The number of aromatic nitrogens is 2. The van der Waals surface area contributed by atoms with Crippen molar-refractivity contribution in [3.8, 4) is 0 Å². The topological polar surface area (TPSA) is 64.4 Å². The molecule has 4 rings (SSSR count). The van der Waals surface area contributed by atoms with E-state index in [1.807, 2.05) is 55.5 Å². The number of benzene rings is 2. The standard InChI is InChI=1S/C21H21N3O3/c1-15-22-17-9-3-5-11-19(17)24(15)13-21(26)27-14-20(25)23-12-6-8-16-7-2-4-10-18(16)23/h2-5,7,9-11H,6,8,12-14H2,1H3. The summed E-state index contributed by atoms with van der Waals surface area (Å²) in [6.07, 6.45) is 1.88. The van der Waals surface area contributed by atoms with Crippen molar-refractivity contribution in [2.24, 2.45) is 0 Å². The number of amides is 1. The van der Waals surface area contributed by atoms with E-state index in [1.54, 1.807) is 9.47 Å². The second-order valence-corrected chi connectivity index (χ2v) is 6.67. The van der Waals surface area contributed by atoms with Crippen LogP contribution < -0.4 is 4.90 Å². The lowest BCUT2D eigenvalue weighted by molar-refractivity contribution is -0.148. The summed E-state index contributed by atoms with van der Waals surface area (Å²) in [5, 5.41) is 0. The van der Waals surface area contributed by atoms with Crippen LogP contribution in [0.5, 0.6) is 0 Å². The molecule has 0 spiro atoms. The third-order valence-corrected chi connectivity index (χ3v) is 4.90. The van der Waals surface area contributed by atoms with Crippen molar-refractivity contribution < 1.29 is 14.3 Å². The first kappa shape index (κ1) is 17.3. The molecule has 6 heteroatoms. The molecule has 0 unspecified atom stereocenters. The monoisotopic (exact) mass is 363 g/mol. The summed E-state index contributed by atoms with van der Waals surface area (Å²) in [7, 11) is 0. The average molecular weight is 363 g/mol. The van der Waals surface area contributed by atoms with Gasteiger partial charge >= 0.3 is 5.97 Å². The van der Waals surface area contributed by atoms with E-state index in [2.05, 4.69) is 4.98 Å². The largest absolute Gasteiger partial charge is 0.454 e. The van der Waals surface area contributed by atoms with Gasteiger partial charge in [-0.25, -0.2) is 4.98 Å². The van der Waals surface area contributed by atoms with Crippen LogP contribution in [0.25, 0.3) is 11.0 Å². The molecular weight excluding hydrogens is 342 g/mol. The third kappa shape index (κ3) is 3.43. The molecule has 0 radical (unpaired) electrons. The maximum atomic E-state index is 12.6. The molecular formula is C21H21N3O3. The Morgan fingerprint density at radius 2 is 1.89 bits per heavy atom. The van der Waals surface area contributed by atoms with Crippen LogP contribution in [0.2, 0.25) is 0 Å². The number of fused-ring (bicyclic) bond motifs is 2. The van der Waals surface area contributed by atoms with Gasteiger partial charge in [0.2, 0.25) is 0 Å². The molecule has 2 heterocycles. The number of ether oxygens (including phenoxy) is 1. The molecule has 0 bridgehead atoms. The number of hydrogen-bond donors (Lipinski definition) is 0. The van der Waals surface area contributed by atoms with Gasteiger partial charge in [0.1, 0.15) is 12.4 Å². The number of aryl methyl sites for hydroxylation is 2. The number of carbonyl (C=O) groups is 2. The Morgan fingerprint density at radius 1 is 1.11 bits per heavy atom. The first-order valence-corrected chi connectivity index (χ1v) is 9.09. The predicted octanol–water partition coefficient (Wildman–Crippen LogP) is 2.87. The van der Waals surface area contributed by atoms with E-state index >= 15 is 0 Å². The summed E-state index contributed by atoms with van der Waals surface area (Å²) in [4.78, 5) is 31.0. The van der Waals surface area contributed by atoms with E-state index in [0.717, 1.165) is 41.0 Å². The molecule has 2 aromatic carbocycles. The quantitative estimate of drug-likeness (QED) is 0.669. The molecule has 0 fully saturated rings. The van der Waals surface area contributed by atoms with Crippen molar-refractivity contribution in [2.45, 2.75) is 26.3 Å². The van der Waals surface area contributed by atoms with Crippen LogP contribution >= 0.6 is 0 Å². The van der Waals surface area contributed by atoms with Crippen LogP contribution in [0.3, 0.4) is 0 Å². The van der Waals surface area contributed by atoms with Gasteiger partial charge in [-0.3, -0.25) is 9.59 Å². The van der Waals surface area contributed by atoms with Crippen molar-refractivity contribution in [1.82, 2.24) is 9.55 Å². The van der Waals surface area contributed by atoms with Crippen LogP contribution in [-0.2, 0) is 27.3 Å². The predicted molar refractivity (Wildman–Crippen MR) is 103 cm³/mol. The molecule has 0 N–H and O–H groups in total. The summed E-state index contributed by atoms with van der Waals surface area (Å²) < 4.78 is 7.07. The molecule has 1 aliphatic heterocycles. The van der Waals surface area contributed by atoms with E-state index in [0.29, 0.717) is 6.54 Å². The minimum atomic E-state index is -0.445. The van der Waals surface area contributed by atoms with Crippen molar-refractivity contribution in [1.29, 1.82) is 0 Å². The van der Waals surface area contributed by atoms with Gasteiger partial charge in [-0.2, -0.15) is 0 Å². The van der Waals surface area contributed by atoms with Gasteiger partial charge in [-0.15, -0.1) is 0 Å². The molecule has 6 nitrogen and oxygen atoms in total. The highest BCUT2D eigenvalue weighted by atomic mass is 16.5. The Morgan fingerprint density at radius 3 is 2.78 bits per heavy atom. The number of imidazole rings is 1. The maximum Gasteiger partial charge on any atom is 0.326 e. The fourth-order valence-corrected chi connectivity index (χ4v) is 3.58. The van der Waals surface area contributed by atoms with Crippen molar-refractivity contribution in [3.05, 3.63) is 59.9 Å². The molecule has 1 aliphatic rings. The van der Waals surface area contributed by atoms with E-state index in [9.17, 15) is 9.59 Å². The smallest absolute Gasteiger partial charge is 0.326 e. The van der Waals surface area contributed by atoms with Crippen LogP contribution in [0.4, 0.5) is 5.69 Å². The maximum absolute atomic E-state index is 12.6. The summed E-state index contributed by atoms with van der Waals surface area (Å²) in [5.74, 6) is 0.104. The minimum absolute atomic E-state index is 0.0379. The summed E-state index contributed by atoms with van der Waals surface area (Å²) >= 11 is 0. The lowest BCUT2D eigenvalue weighted by Gasteiger charge is -2.29. The Bertz CT molecular complexity index is 1010. The molecule has 0 saturated heterocycles. The number of para-hydroxylation sites is 3. The Hall–Kier alpha value is -3.15. The van der Waals surface area contributed by atoms with Crippen LogP contribution in [-0.4, -0.2) is 34.6 Å². The molecule has 0 aliphatic carbocycles. The zero-order valence-corrected chi connectivity index (χ0v) is 15.2. The van der Waals surface area contributed by atoms with E-state index < -0.39 is 5.97 Å². The minimum Gasteiger partial charge on any atom is -0.454 e. The lowest BCUT2D eigenvalue weighted by atomic mass is 10.0. The molecule has 138 valence electrons. The van der Waals surface area contributed by atoms with Crippen molar-refractivity contribution >= 4 is 28.6 Å². The summed E-state index contributed by atoms with van der Waals surface area (Å²) in [6, 6.07) is 15.5. The van der Waals surface area contributed by atoms with E-state index in [1.165, 1.54) is 0 Å². The van der Waals surface area contributed by atoms with E-state index in [4.69, 9.17) is 4.74 Å². The second-order valence-electron chi connectivity index (χ2n) is 6.67. The van der Waals surface area contributed by atoms with Gasteiger partial charge in [-0.1, -0.05) is 30.3 Å². The lowest BCUT2D eigenvalue weighted by Crippen LogP contribution is -2.38. The highest BCUT2D eigenvalue weighted by Crippen LogP contribution is 2.26. The number of nitrogens with zero attached hydrogens (tertiary/aromatic N) is 3. The molecule has 1 aromatic heterocycles. The van der Waals surface area contributed by atoms with E-state index in [-0.39, 0.29) is 19.1 Å². The second kappa shape index (κ2) is 7.23. The van der Waals surface area contributed by atoms with Gasteiger partial charge in [0, 0.05) is 12.2 Å². The highest BCUT2D eigenvalue weighted by Gasteiger charge is 2.23. The molecule has 1 amide bonds. The molecule has 0 saturated carbocycles. The highest BCUT2D eigenvalue weighted by molar-refractivity contribution is 5.96. The summed E-state index contributed by atoms with van der Waals surface area (Å²) in [6.45, 7) is 2.29. The van der Waals surface area contributed by atoms with Crippen LogP contribution in [0.15, 0.2) is 48.5 Å². The van der Waals surface area contributed by atoms with Crippen LogP contribution in [0.1, 0.15) is 17.8 Å². The fourth-order valence-electron chi connectivity index (χ4n) is 3.58. The Balaban J connectivity index is 1.41. The zero-order chi connectivity index (χ0) is 18.8. The first-order valence-electron chi connectivity index (χ1n) is 9.09. The molecule has 27 heavy (non-hydrogen) atoms. The zero-order valence-electron chi connectivity index (χ0n) is 15.2.